The van der Waals surface area contributed by atoms with Crippen molar-refractivity contribution in [1.29, 1.82) is 0 Å². The summed E-state index contributed by atoms with van der Waals surface area (Å²) < 4.78 is 35.1. The number of nitrogens with two attached hydrogens (primary N) is 1. The van der Waals surface area contributed by atoms with Crippen LogP contribution in [0.3, 0.4) is 0 Å². The van der Waals surface area contributed by atoms with Gasteiger partial charge in [-0.3, -0.25) is 0 Å². The fourth-order valence-corrected chi connectivity index (χ4v) is 0.447. The highest BCUT2D eigenvalue weighted by Crippen LogP contribution is 2.26. The van der Waals surface area contributed by atoms with E-state index in [0.717, 1.165) is 0 Å². The monoisotopic (exact) mass is 152 g/mol. The van der Waals surface area contributed by atoms with Gasteiger partial charge in [0.05, 0.1) is 6.20 Å². The molecule has 2 N–H and O–H groups in total. The molecule has 10 heavy (non-hydrogen) atoms. The molecule has 56 valence electrons. The van der Waals surface area contributed by atoms with Crippen molar-refractivity contribution in [2.45, 2.75) is 6.18 Å². The Labute approximate surface area is 53.4 Å². The highest BCUT2D eigenvalue weighted by molar-refractivity contribution is 4.98. The Morgan fingerprint density at radius 1 is 1.50 bits per heavy atom. The largest absolute Gasteiger partial charge is 0.436 e. The molecule has 0 saturated carbocycles. The van der Waals surface area contributed by atoms with Crippen molar-refractivity contribution in [3.05, 3.63) is 11.9 Å². The Bertz CT molecular complexity index is 226. The van der Waals surface area contributed by atoms with E-state index in [0.29, 0.717) is 6.20 Å². The van der Waals surface area contributed by atoms with Gasteiger partial charge in [0.15, 0.2) is 5.69 Å². The van der Waals surface area contributed by atoms with Crippen LogP contribution in [0.2, 0.25) is 0 Å². The van der Waals surface area contributed by atoms with E-state index >= 15 is 0 Å². The summed E-state index contributed by atoms with van der Waals surface area (Å²) in [5.41, 5.74) is -1.06. The number of rotatable bonds is 0. The van der Waals surface area contributed by atoms with Crippen LogP contribution in [-0.2, 0) is 6.18 Å². The minimum atomic E-state index is -4.47. The van der Waals surface area contributed by atoms with Crippen molar-refractivity contribution in [3.8, 4) is 0 Å². The second-order valence-corrected chi connectivity index (χ2v) is 1.56. The summed E-state index contributed by atoms with van der Waals surface area (Å²) >= 11 is 0. The number of aromatic nitrogens is 3. The summed E-state index contributed by atoms with van der Waals surface area (Å²) in [4.78, 5) is 0.181. The van der Waals surface area contributed by atoms with Gasteiger partial charge in [0.25, 0.3) is 0 Å². The molecule has 0 spiro atoms. The van der Waals surface area contributed by atoms with E-state index in [1.807, 2.05) is 0 Å². The highest BCUT2D eigenvalue weighted by atomic mass is 19.4. The van der Waals surface area contributed by atoms with E-state index in [-0.39, 0.29) is 4.79 Å². The molecule has 0 saturated heterocycles. The molecule has 7 heteroatoms. The normalized spacial score (nSPS) is 11.9. The Hall–Kier alpha value is -1.27. The van der Waals surface area contributed by atoms with Crippen molar-refractivity contribution < 1.29 is 13.2 Å². The van der Waals surface area contributed by atoms with Gasteiger partial charge >= 0.3 is 6.18 Å². The Kier molecular flexibility index (Phi) is 1.27. The molecule has 0 fully saturated rings. The van der Waals surface area contributed by atoms with Crippen molar-refractivity contribution in [2.24, 2.45) is 0 Å². The lowest BCUT2D eigenvalue weighted by atomic mass is 10.5. The van der Waals surface area contributed by atoms with Gasteiger partial charge in [0.1, 0.15) is 0 Å². The summed E-state index contributed by atoms with van der Waals surface area (Å²) in [5.74, 6) is 4.75. The van der Waals surface area contributed by atoms with E-state index < -0.39 is 11.9 Å². The van der Waals surface area contributed by atoms with Crippen LogP contribution in [0, 0.1) is 0 Å². The van der Waals surface area contributed by atoms with Crippen LogP contribution in [-0.4, -0.2) is 15.1 Å². The number of hydrogen-bond donors (Lipinski definition) is 1. The lowest BCUT2D eigenvalue weighted by Gasteiger charge is -2.02. The molecule has 0 aliphatic rings. The number of nitrogen functional groups attached to an aromatic ring is 1. The standard InChI is InChI=1S/C3H3F3N4/c4-3(5,6)2-1-8-9-10(2)7/h1H,7H2. The third-order valence-electron chi connectivity index (χ3n) is 0.865. The molecule has 0 radical (unpaired) electrons. The molecule has 0 bridgehead atoms. The molecule has 0 aromatic carbocycles. The maximum absolute atomic E-state index is 11.7. The third kappa shape index (κ3) is 1.02. The molecule has 1 aromatic rings. The molecule has 4 nitrogen and oxygen atoms in total. The molecule has 0 atom stereocenters. The molecule has 1 aromatic heterocycles. The lowest BCUT2D eigenvalue weighted by molar-refractivity contribution is -0.143. The molecule has 0 aliphatic heterocycles. The van der Waals surface area contributed by atoms with Gasteiger partial charge < -0.3 is 5.84 Å². The second kappa shape index (κ2) is 1.86. The van der Waals surface area contributed by atoms with E-state index in [1.165, 1.54) is 0 Å². The highest BCUT2D eigenvalue weighted by Gasteiger charge is 2.35. The zero-order valence-corrected chi connectivity index (χ0v) is 4.63. The van der Waals surface area contributed by atoms with Crippen molar-refractivity contribution in [1.82, 2.24) is 15.1 Å². The van der Waals surface area contributed by atoms with E-state index in [9.17, 15) is 13.2 Å². The summed E-state index contributed by atoms with van der Waals surface area (Å²) in [5, 5.41) is 5.86. The lowest BCUT2D eigenvalue weighted by Crippen LogP contribution is -2.20. The van der Waals surface area contributed by atoms with Crippen LogP contribution in [0.25, 0.3) is 0 Å². The van der Waals surface area contributed by atoms with Crippen molar-refractivity contribution in [3.63, 3.8) is 0 Å². The Balaban J connectivity index is 3.05. The van der Waals surface area contributed by atoms with Gasteiger partial charge in [0.2, 0.25) is 0 Å². The average molecular weight is 152 g/mol. The summed E-state index contributed by atoms with van der Waals surface area (Å²) in [6.07, 6.45) is -3.92. The first-order chi connectivity index (χ1) is 4.52. The van der Waals surface area contributed by atoms with Gasteiger partial charge in [-0.25, -0.2) is 0 Å². The predicted molar refractivity (Wildman–Crippen MR) is 25.2 cm³/mol. The SMILES string of the molecule is Nn1nncc1C(F)(F)F. The van der Waals surface area contributed by atoms with E-state index in [1.54, 1.807) is 0 Å². The average Bonchev–Trinajstić information content (AvgIpc) is 2.11. The van der Waals surface area contributed by atoms with Gasteiger partial charge in [-0.1, -0.05) is 0 Å². The zero-order valence-electron chi connectivity index (χ0n) is 4.63. The van der Waals surface area contributed by atoms with E-state index in [4.69, 9.17) is 5.84 Å². The third-order valence-corrected chi connectivity index (χ3v) is 0.865. The van der Waals surface area contributed by atoms with Gasteiger partial charge in [0, 0.05) is 0 Å². The van der Waals surface area contributed by atoms with Crippen LogP contribution in [0.1, 0.15) is 5.69 Å². The first-order valence-corrected chi connectivity index (χ1v) is 2.25. The molecule has 0 aliphatic carbocycles. The summed E-state index contributed by atoms with van der Waals surface area (Å²) in [7, 11) is 0. The minimum absolute atomic E-state index is 0.181. The van der Waals surface area contributed by atoms with Gasteiger partial charge in [-0.15, -0.1) is 5.10 Å². The van der Waals surface area contributed by atoms with Gasteiger partial charge in [-0.05, 0) is 5.21 Å². The summed E-state index contributed by atoms with van der Waals surface area (Å²) in [6, 6.07) is 0. The molecule has 1 heterocycles. The number of hydrogen-bond acceptors (Lipinski definition) is 3. The second-order valence-electron chi connectivity index (χ2n) is 1.56. The Morgan fingerprint density at radius 2 is 2.10 bits per heavy atom. The maximum Gasteiger partial charge on any atom is 0.436 e. The van der Waals surface area contributed by atoms with Gasteiger partial charge in [-0.2, -0.15) is 18.0 Å². The van der Waals surface area contributed by atoms with Crippen LogP contribution in [0.5, 0.6) is 0 Å². The number of nitrogens with zero attached hydrogens (tertiary/aromatic N) is 3. The molecular formula is C3H3F3N4. The quantitative estimate of drug-likeness (QED) is 0.533. The van der Waals surface area contributed by atoms with Crippen molar-refractivity contribution in [2.75, 3.05) is 5.84 Å². The summed E-state index contributed by atoms with van der Waals surface area (Å²) in [6.45, 7) is 0. The maximum atomic E-state index is 11.7. The van der Waals surface area contributed by atoms with E-state index in [2.05, 4.69) is 10.3 Å². The van der Waals surface area contributed by atoms with Crippen molar-refractivity contribution >= 4 is 0 Å². The van der Waals surface area contributed by atoms with Crippen LogP contribution < -0.4 is 5.84 Å². The van der Waals surface area contributed by atoms with Crippen LogP contribution in [0.15, 0.2) is 6.20 Å². The molecule has 1 rings (SSSR count). The Morgan fingerprint density at radius 3 is 2.30 bits per heavy atom. The minimum Gasteiger partial charge on any atom is -0.321 e. The molecule has 0 unspecified atom stereocenters. The molecule has 0 amide bonds. The zero-order chi connectivity index (χ0) is 7.78. The smallest absolute Gasteiger partial charge is 0.321 e. The fraction of sp³-hybridized carbons (Fsp3) is 0.333. The number of halogens is 3. The fourth-order valence-electron chi connectivity index (χ4n) is 0.447. The predicted octanol–water partition coefficient (Wildman–Crippen LogP) is 0.0107. The first-order valence-electron chi connectivity index (χ1n) is 2.25. The topological polar surface area (TPSA) is 56.7 Å². The van der Waals surface area contributed by atoms with Crippen LogP contribution in [0.4, 0.5) is 13.2 Å². The van der Waals surface area contributed by atoms with Crippen LogP contribution >= 0.6 is 0 Å². The molecular weight excluding hydrogens is 149 g/mol. The first kappa shape index (κ1) is 6.84. The number of alkyl halides is 3.